The van der Waals surface area contributed by atoms with Gasteiger partial charge in [0.15, 0.2) is 5.16 Å². The van der Waals surface area contributed by atoms with E-state index in [9.17, 15) is 18.0 Å². The Bertz CT molecular complexity index is 1070. The number of rotatable bonds is 5. The monoisotopic (exact) mass is 433 g/mol. The number of aromatic nitrogens is 3. The molecule has 0 spiro atoms. The van der Waals surface area contributed by atoms with E-state index in [2.05, 4.69) is 15.5 Å². The van der Waals surface area contributed by atoms with E-state index in [0.717, 1.165) is 35.6 Å². The number of halogens is 3. The molecule has 0 saturated heterocycles. The van der Waals surface area contributed by atoms with E-state index in [1.165, 1.54) is 18.2 Å². The molecular formula is C20H18F3N5OS. The van der Waals surface area contributed by atoms with E-state index in [1.807, 2.05) is 40.7 Å². The van der Waals surface area contributed by atoms with Crippen molar-refractivity contribution in [2.75, 3.05) is 22.5 Å². The van der Waals surface area contributed by atoms with Crippen molar-refractivity contribution in [3.63, 3.8) is 0 Å². The largest absolute Gasteiger partial charge is 0.418 e. The number of carbonyl (C=O) groups excluding carboxylic acids is 1. The predicted molar refractivity (Wildman–Crippen MR) is 109 cm³/mol. The average Bonchev–Trinajstić information content (AvgIpc) is 3.29. The second-order valence-corrected chi connectivity index (χ2v) is 7.74. The van der Waals surface area contributed by atoms with E-state index < -0.39 is 17.6 Å². The van der Waals surface area contributed by atoms with Gasteiger partial charge in [0.05, 0.1) is 17.0 Å². The number of amides is 1. The Kier molecular flexibility index (Phi) is 5.42. The number of carbonyl (C=O) groups is 1. The van der Waals surface area contributed by atoms with Gasteiger partial charge in [-0.15, -0.1) is 10.2 Å². The van der Waals surface area contributed by atoms with Crippen LogP contribution in [-0.4, -0.2) is 33.0 Å². The number of nitrogens with one attached hydrogen (secondary N) is 1. The van der Waals surface area contributed by atoms with E-state index in [-0.39, 0.29) is 11.4 Å². The van der Waals surface area contributed by atoms with Gasteiger partial charge in [-0.1, -0.05) is 41.6 Å². The van der Waals surface area contributed by atoms with Gasteiger partial charge in [-0.2, -0.15) is 13.2 Å². The summed E-state index contributed by atoms with van der Waals surface area (Å²) in [6, 6.07) is 13.0. The van der Waals surface area contributed by atoms with Crippen molar-refractivity contribution >= 4 is 35.0 Å². The Hall–Kier alpha value is -3.01. The van der Waals surface area contributed by atoms with Crippen molar-refractivity contribution < 1.29 is 18.0 Å². The minimum absolute atomic E-state index is 0.0745. The lowest BCUT2D eigenvalue weighted by Crippen LogP contribution is -2.18. The Morgan fingerprint density at radius 2 is 1.83 bits per heavy atom. The zero-order chi connectivity index (χ0) is 21.3. The van der Waals surface area contributed by atoms with Crippen LogP contribution in [0.1, 0.15) is 11.1 Å². The van der Waals surface area contributed by atoms with E-state index in [0.29, 0.717) is 17.6 Å². The standard InChI is InChI=1S/C20H18F3N5OS/c1-13-6-8-14(9-7-13)27-10-11-28-18(27)25-26-19(28)30-12-17(29)24-16-5-3-2-4-15(16)20(21,22)23/h2-9H,10-12H2,1H3,(H,24,29). The van der Waals surface area contributed by atoms with Crippen LogP contribution in [0.2, 0.25) is 0 Å². The number of fused-ring (bicyclic) bond motifs is 1. The van der Waals surface area contributed by atoms with E-state index >= 15 is 0 Å². The Morgan fingerprint density at radius 1 is 1.10 bits per heavy atom. The van der Waals surface area contributed by atoms with Crippen molar-refractivity contribution in [2.24, 2.45) is 0 Å². The first-order valence-electron chi connectivity index (χ1n) is 9.19. The lowest BCUT2D eigenvalue weighted by molar-refractivity contribution is -0.137. The van der Waals surface area contributed by atoms with Crippen molar-refractivity contribution in [3.8, 4) is 0 Å². The van der Waals surface area contributed by atoms with Crippen LogP contribution in [0.3, 0.4) is 0 Å². The third-order valence-corrected chi connectivity index (χ3v) is 5.64. The number of alkyl halides is 3. The highest BCUT2D eigenvalue weighted by atomic mass is 32.2. The van der Waals surface area contributed by atoms with Gasteiger partial charge in [-0.25, -0.2) is 0 Å². The summed E-state index contributed by atoms with van der Waals surface area (Å²) in [6.07, 6.45) is -4.54. The fourth-order valence-electron chi connectivity index (χ4n) is 3.21. The van der Waals surface area contributed by atoms with Gasteiger partial charge in [0.2, 0.25) is 11.9 Å². The molecule has 0 atom stereocenters. The number of anilines is 3. The maximum Gasteiger partial charge on any atom is 0.418 e. The van der Waals surface area contributed by atoms with Gasteiger partial charge in [-0.3, -0.25) is 9.36 Å². The lowest BCUT2D eigenvalue weighted by atomic mass is 10.1. The minimum atomic E-state index is -4.54. The molecule has 2 aromatic carbocycles. The third-order valence-electron chi connectivity index (χ3n) is 4.67. The number of benzene rings is 2. The maximum absolute atomic E-state index is 13.1. The summed E-state index contributed by atoms with van der Waals surface area (Å²) < 4.78 is 41.1. The van der Waals surface area contributed by atoms with Gasteiger partial charge in [0.1, 0.15) is 0 Å². The number of thioether (sulfide) groups is 1. The first kappa shape index (κ1) is 20.3. The van der Waals surface area contributed by atoms with Crippen LogP contribution in [-0.2, 0) is 17.5 Å². The molecule has 0 fully saturated rings. The summed E-state index contributed by atoms with van der Waals surface area (Å²) >= 11 is 1.14. The molecule has 10 heteroatoms. The molecule has 0 unspecified atom stereocenters. The van der Waals surface area contributed by atoms with Crippen LogP contribution in [0, 0.1) is 6.92 Å². The maximum atomic E-state index is 13.1. The Labute approximate surface area is 175 Å². The topological polar surface area (TPSA) is 63.1 Å². The molecule has 3 aromatic rings. The SMILES string of the molecule is Cc1ccc(N2CCn3c(SCC(=O)Nc4ccccc4C(F)(F)F)nnc32)cc1. The Morgan fingerprint density at radius 3 is 2.57 bits per heavy atom. The first-order chi connectivity index (χ1) is 14.3. The predicted octanol–water partition coefficient (Wildman–Crippen LogP) is 4.49. The smallest absolute Gasteiger partial charge is 0.325 e. The lowest BCUT2D eigenvalue weighted by Gasteiger charge is -2.15. The van der Waals surface area contributed by atoms with Crippen LogP contribution >= 0.6 is 11.8 Å². The van der Waals surface area contributed by atoms with Gasteiger partial charge < -0.3 is 10.2 Å². The van der Waals surface area contributed by atoms with Crippen LogP contribution in [0.15, 0.2) is 53.7 Å². The quantitative estimate of drug-likeness (QED) is 0.601. The molecule has 0 bridgehead atoms. The van der Waals surface area contributed by atoms with Crippen LogP contribution in [0.5, 0.6) is 0 Å². The average molecular weight is 433 g/mol. The minimum Gasteiger partial charge on any atom is -0.325 e. The molecular weight excluding hydrogens is 415 g/mol. The van der Waals surface area contributed by atoms with Crippen molar-refractivity contribution in [1.82, 2.24) is 14.8 Å². The van der Waals surface area contributed by atoms with E-state index in [4.69, 9.17) is 0 Å². The summed E-state index contributed by atoms with van der Waals surface area (Å²) in [7, 11) is 0. The highest BCUT2D eigenvalue weighted by molar-refractivity contribution is 7.99. The normalized spacial score (nSPS) is 13.4. The molecule has 4 rings (SSSR count). The molecule has 30 heavy (non-hydrogen) atoms. The fourth-order valence-corrected chi connectivity index (χ4v) is 3.97. The first-order valence-corrected chi connectivity index (χ1v) is 10.2. The molecule has 1 N–H and O–H groups in total. The summed E-state index contributed by atoms with van der Waals surface area (Å²) in [5, 5.41) is 11.3. The van der Waals surface area contributed by atoms with Crippen LogP contribution in [0.25, 0.3) is 0 Å². The molecule has 2 heterocycles. The zero-order valence-electron chi connectivity index (χ0n) is 16.0. The third kappa shape index (κ3) is 4.13. The molecule has 6 nitrogen and oxygen atoms in total. The van der Waals surface area contributed by atoms with Gasteiger partial charge >= 0.3 is 6.18 Å². The number of para-hydroxylation sites is 1. The van der Waals surface area contributed by atoms with Gasteiger partial charge in [0, 0.05) is 18.8 Å². The van der Waals surface area contributed by atoms with Crippen LogP contribution in [0.4, 0.5) is 30.5 Å². The van der Waals surface area contributed by atoms with Crippen LogP contribution < -0.4 is 10.2 Å². The summed E-state index contributed by atoms with van der Waals surface area (Å²) in [5.41, 5.74) is 1.03. The molecule has 1 aliphatic rings. The van der Waals surface area contributed by atoms with Gasteiger partial charge in [-0.05, 0) is 31.2 Å². The fraction of sp³-hybridized carbons (Fsp3) is 0.250. The summed E-state index contributed by atoms with van der Waals surface area (Å²) in [6.45, 7) is 3.41. The highest BCUT2D eigenvalue weighted by Gasteiger charge is 2.33. The molecule has 0 radical (unpaired) electrons. The van der Waals surface area contributed by atoms with Crippen molar-refractivity contribution in [2.45, 2.75) is 24.8 Å². The second-order valence-electron chi connectivity index (χ2n) is 6.80. The number of aryl methyl sites for hydroxylation is 1. The molecule has 0 saturated carbocycles. The van der Waals surface area contributed by atoms with Crippen molar-refractivity contribution in [3.05, 3.63) is 59.7 Å². The molecule has 0 aliphatic carbocycles. The highest BCUT2D eigenvalue weighted by Crippen LogP contribution is 2.35. The Balaban J connectivity index is 1.42. The number of hydrogen-bond donors (Lipinski definition) is 1. The number of nitrogens with zero attached hydrogens (tertiary/aromatic N) is 4. The number of hydrogen-bond acceptors (Lipinski definition) is 5. The molecule has 1 aliphatic heterocycles. The van der Waals surface area contributed by atoms with Crippen molar-refractivity contribution in [1.29, 1.82) is 0 Å². The molecule has 156 valence electrons. The van der Waals surface area contributed by atoms with Gasteiger partial charge in [0.25, 0.3) is 0 Å². The molecule has 1 amide bonds. The van der Waals surface area contributed by atoms with E-state index in [1.54, 1.807) is 0 Å². The molecule has 1 aromatic heterocycles. The second kappa shape index (κ2) is 8.02. The summed E-state index contributed by atoms with van der Waals surface area (Å²) in [5.74, 6) is 0.0705. The zero-order valence-corrected chi connectivity index (χ0v) is 16.8. The summed E-state index contributed by atoms with van der Waals surface area (Å²) in [4.78, 5) is 14.3.